The zero-order valence-electron chi connectivity index (χ0n) is 20.3. The highest BCUT2D eigenvalue weighted by Crippen LogP contribution is 2.18. The third-order valence-electron chi connectivity index (χ3n) is 6.45. The maximum absolute atomic E-state index is 12.8. The lowest BCUT2D eigenvalue weighted by Crippen LogP contribution is -2.48. The molecule has 33 heavy (non-hydrogen) atoms. The van der Waals surface area contributed by atoms with Gasteiger partial charge in [-0.05, 0) is 32.1 Å². The zero-order chi connectivity index (χ0) is 23.6. The molecule has 2 aliphatic rings. The van der Waals surface area contributed by atoms with Gasteiger partial charge in [0.15, 0.2) is 0 Å². The average Bonchev–Trinajstić information content (AvgIpc) is 3.26. The highest BCUT2D eigenvalue weighted by atomic mass is 16.5. The maximum atomic E-state index is 12.8. The second kappa shape index (κ2) is 12.9. The lowest BCUT2D eigenvalue weighted by Gasteiger charge is -2.31. The zero-order valence-corrected chi connectivity index (χ0v) is 20.3. The standard InChI is InChI=1S/C23H40N6O4/c1-17-12-24-18(2)15-33-22(30)10-7-11-29-13-20(26-27-29)16-32-21(17)14-28(3)23(31)25-19-8-5-4-6-9-19/h13,17-19,21,24H,4-12,14-16H2,1-3H3,(H,25,31)/t17-,18+,21-/m1/s1. The van der Waals surface area contributed by atoms with Crippen LogP contribution in [-0.4, -0.2) is 76.8 Å². The molecule has 1 fully saturated rings. The SMILES string of the molecule is C[C@@H]1CN[C@@H](C)COC(=O)CCCn2cc(nn2)CO[C@@H]1CN(C)C(=O)NC1CCCCC1. The minimum atomic E-state index is -0.198. The summed E-state index contributed by atoms with van der Waals surface area (Å²) in [4.78, 5) is 26.5. The van der Waals surface area contributed by atoms with Crippen LogP contribution in [-0.2, 0) is 27.4 Å². The first-order valence-corrected chi connectivity index (χ1v) is 12.3. The molecule has 0 spiro atoms. The summed E-state index contributed by atoms with van der Waals surface area (Å²) < 4.78 is 13.4. The van der Waals surface area contributed by atoms with E-state index in [1.165, 1.54) is 19.3 Å². The van der Waals surface area contributed by atoms with E-state index >= 15 is 0 Å². The van der Waals surface area contributed by atoms with Crippen molar-refractivity contribution in [3.63, 3.8) is 0 Å². The number of hydrogen-bond donors (Lipinski definition) is 2. The fourth-order valence-electron chi connectivity index (χ4n) is 4.24. The summed E-state index contributed by atoms with van der Waals surface area (Å²) in [7, 11) is 1.82. The van der Waals surface area contributed by atoms with Crippen LogP contribution in [0.25, 0.3) is 0 Å². The molecule has 0 saturated heterocycles. The summed E-state index contributed by atoms with van der Waals surface area (Å²) in [5, 5.41) is 14.9. The highest BCUT2D eigenvalue weighted by Gasteiger charge is 2.25. The summed E-state index contributed by atoms with van der Waals surface area (Å²) in [6.07, 6.45) is 8.37. The molecule has 10 heteroatoms. The number of nitrogens with zero attached hydrogens (tertiary/aromatic N) is 4. The van der Waals surface area contributed by atoms with Crippen LogP contribution in [0, 0.1) is 5.92 Å². The molecule has 1 aliphatic heterocycles. The lowest BCUT2D eigenvalue weighted by molar-refractivity contribution is -0.144. The third-order valence-corrected chi connectivity index (χ3v) is 6.45. The van der Waals surface area contributed by atoms with Crippen molar-refractivity contribution >= 4 is 12.0 Å². The van der Waals surface area contributed by atoms with Gasteiger partial charge >= 0.3 is 12.0 Å². The Morgan fingerprint density at radius 2 is 2.06 bits per heavy atom. The summed E-state index contributed by atoms with van der Waals surface area (Å²) in [6.45, 7) is 6.49. The number of urea groups is 1. The number of nitrogens with one attached hydrogen (secondary N) is 2. The normalized spacial score (nSPS) is 26.4. The van der Waals surface area contributed by atoms with Gasteiger partial charge in [0.1, 0.15) is 12.3 Å². The number of aryl methyl sites for hydroxylation is 1. The number of likely N-dealkylation sites (N-methyl/N-ethyl adjacent to an activating group) is 1. The van der Waals surface area contributed by atoms with Crippen LogP contribution in [0.15, 0.2) is 6.20 Å². The molecule has 1 saturated carbocycles. The Hall–Kier alpha value is -2.20. The molecule has 1 aromatic heterocycles. The maximum Gasteiger partial charge on any atom is 0.317 e. The van der Waals surface area contributed by atoms with Crippen molar-refractivity contribution in [1.29, 1.82) is 0 Å². The van der Waals surface area contributed by atoms with Gasteiger partial charge in [0.25, 0.3) is 0 Å². The van der Waals surface area contributed by atoms with Crippen LogP contribution in [0.5, 0.6) is 0 Å². The van der Waals surface area contributed by atoms with Gasteiger partial charge in [-0.1, -0.05) is 31.4 Å². The molecule has 1 aromatic rings. The minimum Gasteiger partial charge on any atom is -0.464 e. The third kappa shape index (κ3) is 8.58. The molecule has 2 bridgehead atoms. The predicted octanol–water partition coefficient (Wildman–Crippen LogP) is 2.09. The topological polar surface area (TPSA) is 111 Å². The van der Waals surface area contributed by atoms with E-state index in [-0.39, 0.29) is 36.1 Å². The van der Waals surface area contributed by atoms with Crippen LogP contribution in [0.3, 0.4) is 0 Å². The van der Waals surface area contributed by atoms with Gasteiger partial charge < -0.3 is 25.0 Å². The van der Waals surface area contributed by atoms with Gasteiger partial charge in [-0.2, -0.15) is 0 Å². The van der Waals surface area contributed by atoms with Crippen molar-refractivity contribution in [2.45, 2.75) is 90.1 Å². The van der Waals surface area contributed by atoms with E-state index in [9.17, 15) is 9.59 Å². The van der Waals surface area contributed by atoms with Gasteiger partial charge in [0.2, 0.25) is 0 Å². The first-order valence-electron chi connectivity index (χ1n) is 12.3. The number of ether oxygens (including phenoxy) is 2. The van der Waals surface area contributed by atoms with Crippen LogP contribution in [0.1, 0.15) is 64.5 Å². The monoisotopic (exact) mass is 464 g/mol. The number of amides is 2. The molecular formula is C23H40N6O4. The van der Waals surface area contributed by atoms with Crippen molar-refractivity contribution in [3.8, 4) is 0 Å². The Bertz CT molecular complexity index is 751. The predicted molar refractivity (Wildman–Crippen MR) is 123 cm³/mol. The van der Waals surface area contributed by atoms with Crippen LogP contribution < -0.4 is 10.6 Å². The van der Waals surface area contributed by atoms with Crippen LogP contribution in [0.4, 0.5) is 4.79 Å². The second-order valence-electron chi connectivity index (χ2n) is 9.56. The van der Waals surface area contributed by atoms with Gasteiger partial charge in [0, 0.05) is 45.2 Å². The van der Waals surface area contributed by atoms with E-state index in [1.54, 1.807) is 9.58 Å². The number of hydrogen-bond acceptors (Lipinski definition) is 7. The Labute approximate surface area is 196 Å². The Kier molecular flexibility index (Phi) is 9.93. The fraction of sp³-hybridized carbons (Fsp3) is 0.826. The summed E-state index contributed by atoms with van der Waals surface area (Å²) in [5.41, 5.74) is 0.734. The summed E-state index contributed by atoms with van der Waals surface area (Å²) in [6, 6.07) is 0.248. The quantitative estimate of drug-likeness (QED) is 0.659. The second-order valence-corrected chi connectivity index (χ2v) is 9.56. The van der Waals surface area contributed by atoms with Crippen molar-refractivity contribution < 1.29 is 19.1 Å². The smallest absolute Gasteiger partial charge is 0.317 e. The number of cyclic esters (lactones) is 1. The number of rotatable bonds is 3. The van der Waals surface area contributed by atoms with E-state index < -0.39 is 0 Å². The van der Waals surface area contributed by atoms with Crippen molar-refractivity contribution in [3.05, 3.63) is 11.9 Å². The Morgan fingerprint density at radius 1 is 1.27 bits per heavy atom. The average molecular weight is 465 g/mol. The minimum absolute atomic E-state index is 0.0323. The molecule has 2 amide bonds. The Morgan fingerprint density at radius 3 is 2.85 bits per heavy atom. The number of esters is 1. The van der Waals surface area contributed by atoms with Crippen LogP contribution in [0.2, 0.25) is 0 Å². The van der Waals surface area contributed by atoms with Crippen molar-refractivity contribution in [2.75, 3.05) is 26.7 Å². The van der Waals surface area contributed by atoms with Crippen molar-refractivity contribution in [1.82, 2.24) is 30.5 Å². The molecule has 3 rings (SSSR count). The van der Waals surface area contributed by atoms with Crippen LogP contribution >= 0.6 is 0 Å². The van der Waals surface area contributed by atoms with Gasteiger partial charge in [-0.15, -0.1) is 5.10 Å². The molecule has 2 heterocycles. The van der Waals surface area contributed by atoms with E-state index in [2.05, 4.69) is 27.9 Å². The summed E-state index contributed by atoms with van der Waals surface area (Å²) >= 11 is 0. The lowest BCUT2D eigenvalue weighted by atomic mass is 9.96. The van der Waals surface area contributed by atoms with Gasteiger partial charge in [-0.25, -0.2) is 4.79 Å². The van der Waals surface area contributed by atoms with E-state index in [0.29, 0.717) is 45.7 Å². The molecule has 0 aromatic carbocycles. The largest absolute Gasteiger partial charge is 0.464 e. The molecule has 3 atom stereocenters. The Balaban J connectivity index is 1.62. The molecule has 10 nitrogen and oxygen atoms in total. The molecule has 1 aliphatic carbocycles. The van der Waals surface area contributed by atoms with Crippen molar-refractivity contribution in [2.24, 2.45) is 5.92 Å². The number of aromatic nitrogens is 3. The van der Waals surface area contributed by atoms with E-state index in [1.807, 2.05) is 20.2 Å². The molecular weight excluding hydrogens is 424 g/mol. The first kappa shape index (κ1) is 25.4. The van der Waals surface area contributed by atoms with Gasteiger partial charge in [-0.3, -0.25) is 9.48 Å². The van der Waals surface area contributed by atoms with Gasteiger partial charge in [0.05, 0.1) is 18.9 Å². The number of fused-ring (bicyclic) bond motifs is 2. The number of carbonyl (C=O) groups excluding carboxylic acids is 2. The molecule has 0 radical (unpaired) electrons. The molecule has 2 N–H and O–H groups in total. The van der Waals surface area contributed by atoms with E-state index in [0.717, 1.165) is 18.5 Å². The number of carbonyl (C=O) groups is 2. The first-order chi connectivity index (χ1) is 15.9. The van der Waals surface area contributed by atoms with E-state index in [4.69, 9.17) is 9.47 Å². The molecule has 0 unspecified atom stereocenters. The summed E-state index contributed by atoms with van der Waals surface area (Å²) in [5.74, 6) is -0.0769. The molecule has 186 valence electrons. The highest BCUT2D eigenvalue weighted by molar-refractivity contribution is 5.74. The fourth-order valence-corrected chi connectivity index (χ4v) is 4.24.